The lowest BCUT2D eigenvalue weighted by Crippen LogP contribution is -2.12. The molecule has 3 aromatic rings. The van der Waals surface area contributed by atoms with Gasteiger partial charge in [0.2, 0.25) is 5.91 Å². The second-order valence-corrected chi connectivity index (χ2v) is 5.47. The molecule has 0 aliphatic carbocycles. The van der Waals surface area contributed by atoms with E-state index in [0.717, 1.165) is 16.9 Å². The van der Waals surface area contributed by atoms with Gasteiger partial charge in [-0.05, 0) is 52.2 Å². The van der Waals surface area contributed by atoms with Gasteiger partial charge < -0.3 is 4.74 Å². The quantitative estimate of drug-likeness (QED) is 0.573. The highest BCUT2D eigenvalue weighted by atomic mass is 16.5. The summed E-state index contributed by atoms with van der Waals surface area (Å²) in [4.78, 5) is 10.7. The monoisotopic (exact) mass is 318 g/mol. The van der Waals surface area contributed by atoms with E-state index in [9.17, 15) is 4.79 Å². The van der Waals surface area contributed by atoms with Gasteiger partial charge in [-0.2, -0.15) is 5.10 Å². The minimum atomic E-state index is -0.193. The van der Waals surface area contributed by atoms with Crippen molar-refractivity contribution in [3.05, 3.63) is 77.9 Å². The lowest BCUT2D eigenvalue weighted by Gasteiger charge is -2.07. The lowest BCUT2D eigenvalue weighted by molar-refractivity contribution is -0.118. The van der Waals surface area contributed by atoms with Crippen molar-refractivity contribution in [3.63, 3.8) is 0 Å². The molecule has 24 heavy (non-hydrogen) atoms. The van der Waals surface area contributed by atoms with E-state index in [-0.39, 0.29) is 5.91 Å². The number of nitrogens with zero attached hydrogens (tertiary/aromatic N) is 1. The van der Waals surface area contributed by atoms with Crippen molar-refractivity contribution in [2.75, 3.05) is 0 Å². The first-order valence-corrected chi connectivity index (χ1v) is 7.71. The Labute approximate surface area is 140 Å². The molecular formula is C20H18N2O2. The fourth-order valence-electron chi connectivity index (χ4n) is 2.34. The zero-order chi connectivity index (χ0) is 16.8. The summed E-state index contributed by atoms with van der Waals surface area (Å²) >= 11 is 0. The second kappa shape index (κ2) is 7.42. The van der Waals surface area contributed by atoms with Crippen molar-refractivity contribution in [1.29, 1.82) is 0 Å². The SMILES string of the molecule is CC(=O)N/N=C\c1ccc(OCc2ccc3ccccc3c2)cc1. The van der Waals surface area contributed by atoms with Crippen LogP contribution in [0, 0.1) is 0 Å². The molecule has 0 aliphatic rings. The highest BCUT2D eigenvalue weighted by Gasteiger charge is 1.99. The van der Waals surface area contributed by atoms with Crippen LogP contribution in [-0.2, 0) is 11.4 Å². The van der Waals surface area contributed by atoms with Gasteiger partial charge in [-0.1, -0.05) is 36.4 Å². The summed E-state index contributed by atoms with van der Waals surface area (Å²) in [7, 11) is 0. The van der Waals surface area contributed by atoms with E-state index in [2.05, 4.69) is 40.9 Å². The van der Waals surface area contributed by atoms with Crippen molar-refractivity contribution in [2.45, 2.75) is 13.5 Å². The number of ether oxygens (including phenoxy) is 1. The first-order valence-electron chi connectivity index (χ1n) is 7.71. The Hall–Kier alpha value is -3.14. The number of hydrogen-bond donors (Lipinski definition) is 1. The van der Waals surface area contributed by atoms with Gasteiger partial charge in [-0.15, -0.1) is 0 Å². The molecule has 0 saturated heterocycles. The molecule has 3 rings (SSSR count). The predicted molar refractivity (Wildman–Crippen MR) is 96.1 cm³/mol. The van der Waals surface area contributed by atoms with Gasteiger partial charge in [-0.25, -0.2) is 5.43 Å². The Morgan fingerprint density at radius 1 is 1.04 bits per heavy atom. The summed E-state index contributed by atoms with van der Waals surface area (Å²) in [6.45, 7) is 1.94. The van der Waals surface area contributed by atoms with Crippen LogP contribution in [0.5, 0.6) is 5.75 Å². The molecule has 0 bridgehead atoms. The van der Waals surface area contributed by atoms with Crippen molar-refractivity contribution in [2.24, 2.45) is 5.10 Å². The van der Waals surface area contributed by atoms with Gasteiger partial charge in [-0.3, -0.25) is 4.79 Å². The van der Waals surface area contributed by atoms with Gasteiger partial charge >= 0.3 is 0 Å². The summed E-state index contributed by atoms with van der Waals surface area (Å²) in [5.41, 5.74) is 4.39. The third-order valence-electron chi connectivity index (χ3n) is 3.54. The lowest BCUT2D eigenvalue weighted by atomic mass is 10.1. The number of fused-ring (bicyclic) bond motifs is 1. The summed E-state index contributed by atoms with van der Waals surface area (Å²) in [5, 5.41) is 6.27. The van der Waals surface area contributed by atoms with Crippen LogP contribution >= 0.6 is 0 Å². The number of carbonyl (C=O) groups excluding carboxylic acids is 1. The number of rotatable bonds is 5. The average Bonchev–Trinajstić information content (AvgIpc) is 2.60. The maximum atomic E-state index is 10.7. The zero-order valence-electron chi connectivity index (χ0n) is 13.4. The average molecular weight is 318 g/mol. The molecule has 0 aromatic heterocycles. The smallest absolute Gasteiger partial charge is 0.236 e. The summed E-state index contributed by atoms with van der Waals surface area (Å²) in [6, 6.07) is 22.2. The van der Waals surface area contributed by atoms with Gasteiger partial charge in [0.15, 0.2) is 0 Å². The molecule has 0 heterocycles. The molecule has 0 unspecified atom stereocenters. The van der Waals surface area contributed by atoms with Crippen molar-refractivity contribution < 1.29 is 9.53 Å². The van der Waals surface area contributed by atoms with Crippen LogP contribution in [-0.4, -0.2) is 12.1 Å². The molecule has 0 spiro atoms. The highest BCUT2D eigenvalue weighted by Crippen LogP contribution is 2.18. The molecule has 4 heteroatoms. The fourth-order valence-corrected chi connectivity index (χ4v) is 2.34. The van der Waals surface area contributed by atoms with E-state index in [1.54, 1.807) is 6.21 Å². The number of benzene rings is 3. The van der Waals surface area contributed by atoms with Crippen LogP contribution in [0.15, 0.2) is 71.8 Å². The highest BCUT2D eigenvalue weighted by molar-refractivity contribution is 5.83. The number of hydrogen-bond acceptors (Lipinski definition) is 3. The molecule has 1 amide bonds. The molecule has 1 N–H and O–H groups in total. The molecule has 3 aromatic carbocycles. The van der Waals surface area contributed by atoms with E-state index in [4.69, 9.17) is 4.74 Å². The molecule has 0 atom stereocenters. The maximum absolute atomic E-state index is 10.7. The van der Waals surface area contributed by atoms with E-state index in [1.807, 2.05) is 36.4 Å². The maximum Gasteiger partial charge on any atom is 0.236 e. The van der Waals surface area contributed by atoms with Gasteiger partial charge in [0.1, 0.15) is 12.4 Å². The number of amides is 1. The Balaban J connectivity index is 1.61. The Bertz CT molecular complexity index is 870. The largest absolute Gasteiger partial charge is 0.489 e. The molecule has 120 valence electrons. The predicted octanol–water partition coefficient (Wildman–Crippen LogP) is 3.89. The molecule has 4 nitrogen and oxygen atoms in total. The summed E-state index contributed by atoms with van der Waals surface area (Å²) in [6.07, 6.45) is 1.59. The van der Waals surface area contributed by atoms with Gasteiger partial charge in [0, 0.05) is 6.92 Å². The first kappa shape index (κ1) is 15.7. The fraction of sp³-hybridized carbons (Fsp3) is 0.100. The normalized spacial score (nSPS) is 10.9. The number of hydrazone groups is 1. The minimum Gasteiger partial charge on any atom is -0.489 e. The van der Waals surface area contributed by atoms with Gasteiger partial charge in [0.05, 0.1) is 6.21 Å². The minimum absolute atomic E-state index is 0.193. The molecule has 0 saturated carbocycles. The third kappa shape index (κ3) is 4.20. The van der Waals surface area contributed by atoms with Crippen LogP contribution in [0.3, 0.4) is 0 Å². The Kier molecular flexibility index (Phi) is 4.87. The van der Waals surface area contributed by atoms with Crippen LogP contribution in [0.25, 0.3) is 10.8 Å². The third-order valence-corrected chi connectivity index (χ3v) is 3.54. The van der Waals surface area contributed by atoms with Crippen LogP contribution < -0.4 is 10.2 Å². The molecule has 0 radical (unpaired) electrons. The second-order valence-electron chi connectivity index (χ2n) is 5.47. The number of nitrogens with one attached hydrogen (secondary N) is 1. The van der Waals surface area contributed by atoms with E-state index in [1.165, 1.54) is 17.7 Å². The van der Waals surface area contributed by atoms with Crippen molar-refractivity contribution >= 4 is 22.9 Å². The first-order chi connectivity index (χ1) is 11.7. The van der Waals surface area contributed by atoms with Crippen molar-refractivity contribution in [3.8, 4) is 5.75 Å². The summed E-state index contributed by atoms with van der Waals surface area (Å²) < 4.78 is 5.82. The van der Waals surface area contributed by atoms with Crippen LogP contribution in [0.4, 0.5) is 0 Å². The van der Waals surface area contributed by atoms with Crippen LogP contribution in [0.1, 0.15) is 18.1 Å². The van der Waals surface area contributed by atoms with Gasteiger partial charge in [0.25, 0.3) is 0 Å². The summed E-state index contributed by atoms with van der Waals surface area (Å²) in [5.74, 6) is 0.599. The van der Waals surface area contributed by atoms with Crippen molar-refractivity contribution in [1.82, 2.24) is 5.43 Å². The Morgan fingerprint density at radius 3 is 2.54 bits per heavy atom. The topological polar surface area (TPSA) is 50.7 Å². The Morgan fingerprint density at radius 2 is 1.79 bits per heavy atom. The molecule has 0 fully saturated rings. The number of carbonyl (C=O) groups is 1. The zero-order valence-corrected chi connectivity index (χ0v) is 13.4. The van der Waals surface area contributed by atoms with Crippen LogP contribution in [0.2, 0.25) is 0 Å². The van der Waals surface area contributed by atoms with E-state index < -0.39 is 0 Å². The van der Waals surface area contributed by atoms with E-state index >= 15 is 0 Å². The molecular weight excluding hydrogens is 300 g/mol. The standard InChI is InChI=1S/C20H18N2O2/c1-15(23)22-21-13-16-7-10-20(11-8-16)24-14-17-6-9-18-4-2-3-5-19(18)12-17/h2-13H,14H2,1H3,(H,22,23)/b21-13-. The van der Waals surface area contributed by atoms with E-state index in [0.29, 0.717) is 6.61 Å². The molecule has 0 aliphatic heterocycles.